The Bertz CT molecular complexity index is 528. The molecule has 1 atom stereocenters. The highest BCUT2D eigenvalue weighted by Crippen LogP contribution is 2.42. The lowest BCUT2D eigenvalue weighted by Gasteiger charge is -2.17. The van der Waals surface area contributed by atoms with E-state index < -0.39 is 40.0 Å². The van der Waals surface area contributed by atoms with Crippen molar-refractivity contribution in [1.29, 1.82) is 0 Å². The Morgan fingerprint density at radius 1 is 1.24 bits per heavy atom. The summed E-state index contributed by atoms with van der Waals surface area (Å²) in [6.45, 7) is 1.08. The fourth-order valence-electron chi connectivity index (χ4n) is 1.36. The van der Waals surface area contributed by atoms with E-state index in [1.54, 1.807) is 0 Å². The number of ether oxygens (including phenoxy) is 1. The van der Waals surface area contributed by atoms with Gasteiger partial charge in [0.05, 0.1) is 0 Å². The monoisotopic (exact) mass is 396 g/mol. The summed E-state index contributed by atoms with van der Waals surface area (Å²) in [4.78, 5) is 9.69. The van der Waals surface area contributed by atoms with Crippen LogP contribution < -0.4 is 4.74 Å². The van der Waals surface area contributed by atoms with Crippen molar-refractivity contribution in [2.45, 2.75) is 28.5 Å². The van der Waals surface area contributed by atoms with Crippen LogP contribution in [0.2, 0.25) is 0 Å². The molecule has 0 fully saturated rings. The van der Waals surface area contributed by atoms with Gasteiger partial charge in [-0.1, -0.05) is 15.9 Å². The Balaban J connectivity index is 3.23. The van der Waals surface area contributed by atoms with E-state index in [9.17, 15) is 31.1 Å². The van der Waals surface area contributed by atoms with Gasteiger partial charge in [-0.15, -0.1) is 13.2 Å². The fraction of sp³-hybridized carbons (Fsp3) is 0.364. The first-order valence-corrected chi connectivity index (χ1v) is 6.92. The summed E-state index contributed by atoms with van der Waals surface area (Å²) in [5.74, 6) is -1.30. The van der Waals surface area contributed by atoms with Crippen LogP contribution in [0.25, 0.3) is 0 Å². The lowest BCUT2D eigenvalue weighted by molar-refractivity contribution is -0.274. The lowest BCUT2D eigenvalue weighted by Crippen LogP contribution is -2.19. The molecular weight excluding hydrogens is 390 g/mol. The molecule has 0 aliphatic rings. The van der Waals surface area contributed by atoms with Crippen LogP contribution in [0, 0.1) is 0 Å². The second kappa shape index (κ2) is 6.47. The van der Waals surface area contributed by atoms with Gasteiger partial charge in [-0.25, -0.2) is 0 Å². The number of carbonyl (C=O) groups is 1. The molecule has 0 heterocycles. The van der Waals surface area contributed by atoms with Gasteiger partial charge >= 0.3 is 11.9 Å². The topological polar surface area (TPSA) is 26.3 Å². The second-order valence-corrected chi connectivity index (χ2v) is 5.82. The van der Waals surface area contributed by atoms with Crippen molar-refractivity contribution in [3.63, 3.8) is 0 Å². The minimum atomic E-state index is -5.02. The molecule has 0 bridgehead atoms. The van der Waals surface area contributed by atoms with Crippen LogP contribution >= 0.6 is 27.7 Å². The molecule has 118 valence electrons. The Kier molecular flexibility index (Phi) is 5.59. The zero-order valence-electron chi connectivity index (χ0n) is 10.2. The van der Waals surface area contributed by atoms with E-state index in [-0.39, 0.29) is 10.5 Å². The average Bonchev–Trinajstić information content (AvgIpc) is 2.26. The molecule has 10 heteroatoms. The van der Waals surface area contributed by atoms with Gasteiger partial charge in [-0.2, -0.15) is 13.2 Å². The first-order valence-electron chi connectivity index (χ1n) is 5.19. The zero-order valence-corrected chi connectivity index (χ0v) is 12.6. The van der Waals surface area contributed by atoms with E-state index in [0.29, 0.717) is 0 Å². The second-order valence-electron chi connectivity index (χ2n) is 3.77. The molecule has 1 aromatic carbocycles. The standard InChI is InChI=1S/C11H7BrF6O2S/c1-5(19)9(12)7-4-6(21-11(16,17)18)2-3-8(7)20-10(13,14)15/h2-4,9H,1H3. The first-order chi connectivity index (χ1) is 9.39. The lowest BCUT2D eigenvalue weighted by atomic mass is 10.1. The summed E-state index contributed by atoms with van der Waals surface area (Å²) in [5.41, 5.74) is -4.92. The number of carbonyl (C=O) groups excluding carboxylic acids is 1. The number of hydrogen-bond donors (Lipinski definition) is 0. The van der Waals surface area contributed by atoms with Crippen molar-refractivity contribution >= 4 is 33.5 Å². The molecule has 1 rings (SSSR count). The molecule has 0 amide bonds. The highest BCUT2D eigenvalue weighted by molar-refractivity contribution is 9.09. The number of hydrogen-bond acceptors (Lipinski definition) is 3. The van der Waals surface area contributed by atoms with E-state index >= 15 is 0 Å². The molecule has 0 radical (unpaired) electrons. The van der Waals surface area contributed by atoms with Crippen molar-refractivity contribution < 1.29 is 35.9 Å². The van der Waals surface area contributed by atoms with Gasteiger partial charge in [0.15, 0.2) is 0 Å². The number of thioether (sulfide) groups is 1. The average molecular weight is 397 g/mol. The van der Waals surface area contributed by atoms with Gasteiger partial charge < -0.3 is 4.74 Å². The maximum atomic E-state index is 12.3. The van der Waals surface area contributed by atoms with Crippen LogP contribution in [0.3, 0.4) is 0 Å². The zero-order chi connectivity index (χ0) is 16.4. The normalized spacial score (nSPS) is 13.9. The van der Waals surface area contributed by atoms with Crippen LogP contribution in [-0.2, 0) is 4.79 Å². The summed E-state index contributed by atoms with van der Waals surface area (Å²) in [6.07, 6.45) is -5.02. The van der Waals surface area contributed by atoms with Crippen LogP contribution in [0.5, 0.6) is 5.75 Å². The number of Topliss-reactive ketones (excluding diaryl/α,β-unsaturated/α-hetero) is 1. The van der Waals surface area contributed by atoms with Gasteiger partial charge in [-0.3, -0.25) is 4.79 Å². The number of ketones is 1. The molecule has 0 saturated carbocycles. The largest absolute Gasteiger partial charge is 0.573 e. The maximum Gasteiger partial charge on any atom is 0.573 e. The summed E-state index contributed by atoms with van der Waals surface area (Å²) >= 11 is 2.34. The molecule has 1 unspecified atom stereocenters. The predicted octanol–water partition coefficient (Wildman–Crippen LogP) is 5.22. The third-order valence-electron chi connectivity index (χ3n) is 2.07. The Morgan fingerprint density at radius 3 is 2.24 bits per heavy atom. The van der Waals surface area contributed by atoms with Crippen LogP contribution in [0.4, 0.5) is 26.3 Å². The highest BCUT2D eigenvalue weighted by atomic mass is 79.9. The molecule has 1 aromatic rings. The van der Waals surface area contributed by atoms with Gasteiger partial charge in [0.2, 0.25) is 0 Å². The fourth-order valence-corrected chi connectivity index (χ4v) is 2.31. The van der Waals surface area contributed by atoms with Crippen molar-refractivity contribution in [1.82, 2.24) is 0 Å². The third kappa shape index (κ3) is 6.16. The molecule has 0 spiro atoms. The maximum absolute atomic E-state index is 12.3. The van der Waals surface area contributed by atoms with Crippen LogP contribution in [0.15, 0.2) is 23.1 Å². The van der Waals surface area contributed by atoms with Crippen molar-refractivity contribution in [2.75, 3.05) is 0 Å². The van der Waals surface area contributed by atoms with E-state index in [4.69, 9.17) is 0 Å². The predicted molar refractivity (Wildman–Crippen MR) is 67.4 cm³/mol. The minimum Gasteiger partial charge on any atom is -0.405 e. The number of alkyl halides is 7. The van der Waals surface area contributed by atoms with E-state index in [0.717, 1.165) is 25.1 Å². The van der Waals surface area contributed by atoms with Gasteiger partial charge in [0, 0.05) is 10.5 Å². The molecule has 0 saturated heterocycles. The minimum absolute atomic E-state index is 0.325. The van der Waals surface area contributed by atoms with Gasteiger partial charge in [0.1, 0.15) is 16.4 Å². The van der Waals surface area contributed by atoms with Crippen molar-refractivity contribution in [3.8, 4) is 5.75 Å². The summed E-state index contributed by atoms with van der Waals surface area (Å²) in [7, 11) is 0. The number of benzene rings is 1. The van der Waals surface area contributed by atoms with E-state index in [2.05, 4.69) is 20.7 Å². The molecular formula is C11H7BrF6O2S. The Labute approximate surface area is 128 Å². The SMILES string of the molecule is CC(=O)C(Br)c1cc(SC(F)(F)F)ccc1OC(F)(F)F. The van der Waals surface area contributed by atoms with Crippen molar-refractivity contribution in [3.05, 3.63) is 23.8 Å². The molecule has 21 heavy (non-hydrogen) atoms. The molecule has 0 aliphatic carbocycles. The molecule has 0 aliphatic heterocycles. The van der Waals surface area contributed by atoms with Gasteiger partial charge in [0.25, 0.3) is 0 Å². The molecule has 0 N–H and O–H groups in total. The number of rotatable bonds is 4. The van der Waals surface area contributed by atoms with Gasteiger partial charge in [-0.05, 0) is 36.9 Å². The van der Waals surface area contributed by atoms with E-state index in [1.807, 2.05) is 0 Å². The molecule has 2 nitrogen and oxygen atoms in total. The highest BCUT2D eigenvalue weighted by Gasteiger charge is 2.34. The Morgan fingerprint density at radius 2 is 1.81 bits per heavy atom. The summed E-state index contributed by atoms with van der Waals surface area (Å²) in [5, 5.41) is 0. The molecule has 0 aromatic heterocycles. The third-order valence-corrected chi connectivity index (χ3v) is 3.93. The summed E-state index contributed by atoms with van der Waals surface area (Å²) < 4.78 is 77.3. The smallest absolute Gasteiger partial charge is 0.405 e. The van der Waals surface area contributed by atoms with Crippen LogP contribution in [-0.4, -0.2) is 17.7 Å². The summed E-state index contributed by atoms with van der Waals surface area (Å²) in [6, 6.07) is 2.41. The number of halogens is 7. The quantitative estimate of drug-likeness (QED) is 0.396. The van der Waals surface area contributed by atoms with E-state index in [1.165, 1.54) is 0 Å². The van der Waals surface area contributed by atoms with Crippen LogP contribution in [0.1, 0.15) is 17.3 Å². The first kappa shape index (κ1) is 18.1. The van der Waals surface area contributed by atoms with Crippen molar-refractivity contribution in [2.24, 2.45) is 0 Å². The Hall–Kier alpha value is -0.900.